The third kappa shape index (κ3) is 1.13. The molecule has 0 unspecified atom stereocenters. The Labute approximate surface area is 83.6 Å². The van der Waals surface area contributed by atoms with E-state index in [-0.39, 0.29) is 5.91 Å². The first kappa shape index (κ1) is 8.55. The van der Waals surface area contributed by atoms with Crippen LogP contribution in [0.15, 0.2) is 4.47 Å². The number of hydrogen-bond donors (Lipinski definition) is 1. The van der Waals surface area contributed by atoms with Crippen LogP contribution in [-0.2, 0) is 6.54 Å². The summed E-state index contributed by atoms with van der Waals surface area (Å²) in [5, 5.41) is 4.04. The molecule has 5 nitrogen and oxygen atoms in total. The average molecular weight is 245 g/mol. The summed E-state index contributed by atoms with van der Waals surface area (Å²) in [7, 11) is 1.77. The summed E-state index contributed by atoms with van der Waals surface area (Å²) in [6, 6.07) is 0. The van der Waals surface area contributed by atoms with E-state index in [0.29, 0.717) is 29.1 Å². The first-order chi connectivity index (χ1) is 6.11. The molecule has 0 saturated carbocycles. The van der Waals surface area contributed by atoms with Crippen LogP contribution in [0, 0.1) is 0 Å². The maximum atomic E-state index is 11.6. The molecule has 2 N–H and O–H groups in total. The van der Waals surface area contributed by atoms with Crippen molar-refractivity contribution >= 4 is 27.7 Å². The molecule has 70 valence electrons. The van der Waals surface area contributed by atoms with Gasteiger partial charge in [-0.3, -0.25) is 9.48 Å². The molecule has 2 heterocycles. The van der Waals surface area contributed by atoms with Crippen molar-refractivity contribution in [1.82, 2.24) is 14.7 Å². The highest BCUT2D eigenvalue weighted by molar-refractivity contribution is 9.10. The van der Waals surface area contributed by atoms with Gasteiger partial charge < -0.3 is 10.6 Å². The Balaban J connectivity index is 2.58. The average Bonchev–Trinajstić information content (AvgIpc) is 2.37. The van der Waals surface area contributed by atoms with Gasteiger partial charge in [-0.25, -0.2) is 0 Å². The first-order valence-electron chi connectivity index (χ1n) is 3.88. The summed E-state index contributed by atoms with van der Waals surface area (Å²) >= 11 is 3.25. The van der Waals surface area contributed by atoms with Gasteiger partial charge in [-0.15, -0.1) is 0 Å². The second-order valence-corrected chi connectivity index (χ2v) is 3.79. The third-order valence-electron chi connectivity index (χ3n) is 2.12. The number of anilines is 1. The summed E-state index contributed by atoms with van der Waals surface area (Å²) in [6.07, 6.45) is 0. The van der Waals surface area contributed by atoms with Gasteiger partial charge in [0, 0.05) is 13.6 Å². The Morgan fingerprint density at radius 3 is 2.92 bits per heavy atom. The molecule has 0 fully saturated rings. The van der Waals surface area contributed by atoms with Crippen LogP contribution >= 0.6 is 15.9 Å². The van der Waals surface area contributed by atoms with Crippen LogP contribution in [0.1, 0.15) is 10.5 Å². The Bertz CT molecular complexity index is 373. The zero-order valence-corrected chi connectivity index (χ0v) is 8.71. The normalized spacial score (nSPS) is 16.2. The lowest BCUT2D eigenvalue weighted by Crippen LogP contribution is -2.37. The number of aromatic nitrogens is 2. The molecule has 0 radical (unpaired) electrons. The minimum absolute atomic E-state index is 0.0395. The number of nitrogens with zero attached hydrogens (tertiary/aromatic N) is 3. The molecule has 1 aliphatic heterocycles. The number of likely N-dealkylation sites (N-methyl/N-ethyl adjacent to an activating group) is 1. The van der Waals surface area contributed by atoms with Crippen LogP contribution in [0.5, 0.6) is 0 Å². The molecule has 1 aliphatic rings. The van der Waals surface area contributed by atoms with E-state index < -0.39 is 0 Å². The molecule has 0 atom stereocenters. The van der Waals surface area contributed by atoms with Crippen molar-refractivity contribution in [2.45, 2.75) is 6.54 Å². The number of nitrogen functional groups attached to an aromatic ring is 1. The topological polar surface area (TPSA) is 64.2 Å². The van der Waals surface area contributed by atoms with E-state index in [4.69, 9.17) is 5.73 Å². The standard InChI is InChI=1S/C7H9BrN4O/c1-11-2-3-12-5(7(11)13)4(8)6(9)10-12/h2-3H2,1H3,(H2,9,10). The van der Waals surface area contributed by atoms with Crippen LogP contribution in [0.2, 0.25) is 0 Å². The van der Waals surface area contributed by atoms with E-state index in [0.717, 1.165) is 0 Å². The van der Waals surface area contributed by atoms with Gasteiger partial charge >= 0.3 is 0 Å². The Morgan fingerprint density at radius 1 is 1.54 bits per heavy atom. The van der Waals surface area contributed by atoms with Crippen molar-refractivity contribution in [3.05, 3.63) is 10.2 Å². The van der Waals surface area contributed by atoms with Gasteiger partial charge in [0.15, 0.2) is 5.82 Å². The van der Waals surface area contributed by atoms with E-state index in [2.05, 4.69) is 21.0 Å². The fourth-order valence-electron chi connectivity index (χ4n) is 1.35. The van der Waals surface area contributed by atoms with Crippen LogP contribution in [-0.4, -0.2) is 34.2 Å². The quantitative estimate of drug-likeness (QED) is 0.715. The van der Waals surface area contributed by atoms with E-state index in [9.17, 15) is 4.79 Å². The first-order valence-corrected chi connectivity index (χ1v) is 4.68. The van der Waals surface area contributed by atoms with Gasteiger partial charge in [0.25, 0.3) is 5.91 Å². The van der Waals surface area contributed by atoms with Crippen LogP contribution < -0.4 is 5.73 Å². The molecule has 6 heteroatoms. The molecule has 1 amide bonds. The molecule has 0 saturated heterocycles. The van der Waals surface area contributed by atoms with Gasteiger partial charge in [-0.1, -0.05) is 0 Å². The highest BCUT2D eigenvalue weighted by atomic mass is 79.9. The zero-order chi connectivity index (χ0) is 9.59. The monoisotopic (exact) mass is 244 g/mol. The maximum absolute atomic E-state index is 11.6. The number of halogens is 1. The second kappa shape index (κ2) is 2.73. The number of amides is 1. The lowest BCUT2D eigenvalue weighted by atomic mass is 10.3. The second-order valence-electron chi connectivity index (χ2n) is 3.00. The highest BCUT2D eigenvalue weighted by Crippen LogP contribution is 2.26. The molecule has 0 spiro atoms. The van der Waals surface area contributed by atoms with Crippen molar-refractivity contribution in [3.63, 3.8) is 0 Å². The van der Waals surface area contributed by atoms with Gasteiger partial charge in [0.05, 0.1) is 11.0 Å². The summed E-state index contributed by atoms with van der Waals surface area (Å²) in [4.78, 5) is 13.3. The number of carbonyl (C=O) groups is 1. The molecule has 1 aromatic heterocycles. The molecule has 0 aliphatic carbocycles. The molecular weight excluding hydrogens is 236 g/mol. The minimum Gasteiger partial charge on any atom is -0.381 e. The number of fused-ring (bicyclic) bond motifs is 1. The van der Waals surface area contributed by atoms with E-state index in [1.807, 2.05) is 0 Å². The maximum Gasteiger partial charge on any atom is 0.273 e. The Morgan fingerprint density at radius 2 is 2.23 bits per heavy atom. The molecule has 1 aromatic rings. The summed E-state index contributed by atoms with van der Waals surface area (Å²) < 4.78 is 2.24. The largest absolute Gasteiger partial charge is 0.381 e. The summed E-state index contributed by atoms with van der Waals surface area (Å²) in [6.45, 7) is 1.38. The molecule has 13 heavy (non-hydrogen) atoms. The smallest absolute Gasteiger partial charge is 0.273 e. The van der Waals surface area contributed by atoms with Crippen LogP contribution in [0.3, 0.4) is 0 Å². The minimum atomic E-state index is -0.0395. The van der Waals surface area contributed by atoms with Crippen LogP contribution in [0.4, 0.5) is 5.82 Å². The van der Waals surface area contributed by atoms with Gasteiger partial charge in [-0.2, -0.15) is 5.10 Å². The number of nitrogens with two attached hydrogens (primary N) is 1. The van der Waals surface area contributed by atoms with Crippen molar-refractivity contribution in [1.29, 1.82) is 0 Å². The lowest BCUT2D eigenvalue weighted by Gasteiger charge is -2.23. The molecule has 0 aromatic carbocycles. The number of hydrogen-bond acceptors (Lipinski definition) is 3. The number of carbonyl (C=O) groups excluding carboxylic acids is 1. The summed E-state index contributed by atoms with van der Waals surface area (Å²) in [5.74, 6) is 0.334. The SMILES string of the molecule is CN1CCn2nc(N)c(Br)c2C1=O. The van der Waals surface area contributed by atoms with Crippen molar-refractivity contribution in [2.75, 3.05) is 19.3 Å². The molecular formula is C7H9BrN4O. The third-order valence-corrected chi connectivity index (χ3v) is 2.90. The molecule has 2 rings (SSSR count). The van der Waals surface area contributed by atoms with Gasteiger partial charge in [-0.05, 0) is 15.9 Å². The predicted molar refractivity (Wildman–Crippen MR) is 51.3 cm³/mol. The van der Waals surface area contributed by atoms with Crippen molar-refractivity contribution in [3.8, 4) is 0 Å². The lowest BCUT2D eigenvalue weighted by molar-refractivity contribution is 0.0741. The predicted octanol–water partition coefficient (Wildman–Crippen LogP) is 0.313. The van der Waals surface area contributed by atoms with Gasteiger partial charge in [0.2, 0.25) is 0 Å². The number of rotatable bonds is 0. The van der Waals surface area contributed by atoms with E-state index in [1.165, 1.54) is 0 Å². The zero-order valence-electron chi connectivity index (χ0n) is 7.12. The van der Waals surface area contributed by atoms with Crippen molar-refractivity contribution in [2.24, 2.45) is 0 Å². The van der Waals surface area contributed by atoms with Crippen molar-refractivity contribution < 1.29 is 4.79 Å². The highest BCUT2D eigenvalue weighted by Gasteiger charge is 2.27. The molecule has 0 bridgehead atoms. The van der Waals surface area contributed by atoms with E-state index in [1.54, 1.807) is 16.6 Å². The fraction of sp³-hybridized carbons (Fsp3) is 0.429. The van der Waals surface area contributed by atoms with E-state index >= 15 is 0 Å². The van der Waals surface area contributed by atoms with Gasteiger partial charge in [0.1, 0.15) is 5.69 Å². The Hall–Kier alpha value is -1.04. The fourth-order valence-corrected chi connectivity index (χ4v) is 1.81. The summed E-state index contributed by atoms with van der Waals surface area (Å²) in [5.41, 5.74) is 6.13. The van der Waals surface area contributed by atoms with Crippen LogP contribution in [0.25, 0.3) is 0 Å². The Kier molecular flexibility index (Phi) is 1.80.